The van der Waals surface area contributed by atoms with E-state index in [-0.39, 0.29) is 28.7 Å². The largest absolute Gasteiger partial charge is 0.450 e. The van der Waals surface area contributed by atoms with Gasteiger partial charge in [0.2, 0.25) is 0 Å². The summed E-state index contributed by atoms with van der Waals surface area (Å²) in [6, 6.07) is 7.27. The lowest BCUT2D eigenvalue weighted by molar-refractivity contribution is -0.137. The van der Waals surface area contributed by atoms with E-state index < -0.39 is 40.9 Å². The number of nitriles is 1. The highest BCUT2D eigenvalue weighted by molar-refractivity contribution is 6.34. The molecule has 8 nitrogen and oxygen atoms in total. The lowest BCUT2D eigenvalue weighted by Crippen LogP contribution is -2.44. The number of benzene rings is 2. The summed E-state index contributed by atoms with van der Waals surface area (Å²) in [5.41, 5.74) is -3.48. The molecule has 1 aliphatic heterocycles. The van der Waals surface area contributed by atoms with Gasteiger partial charge in [0, 0.05) is 5.69 Å². The molecule has 0 unspecified atom stereocenters. The molecule has 12 heteroatoms. The fourth-order valence-corrected chi connectivity index (χ4v) is 3.65. The minimum Gasteiger partial charge on any atom is -0.450 e. The van der Waals surface area contributed by atoms with Crippen LogP contribution < -0.4 is 15.1 Å². The second-order valence-corrected chi connectivity index (χ2v) is 8.07. The van der Waals surface area contributed by atoms with Crippen LogP contribution in [0, 0.1) is 11.3 Å². The van der Waals surface area contributed by atoms with Crippen LogP contribution >= 0.6 is 11.6 Å². The van der Waals surface area contributed by atoms with Gasteiger partial charge in [0.05, 0.1) is 40.2 Å². The summed E-state index contributed by atoms with van der Waals surface area (Å²) < 4.78 is 45.1. The molecule has 0 spiro atoms. The number of anilines is 3. The van der Waals surface area contributed by atoms with Gasteiger partial charge in [-0.25, -0.2) is 14.5 Å². The van der Waals surface area contributed by atoms with Crippen LogP contribution in [0.4, 0.5) is 39.8 Å². The molecule has 2 aromatic carbocycles. The second-order valence-electron chi connectivity index (χ2n) is 7.67. The maximum Gasteiger partial charge on any atom is 0.417 e. The van der Waals surface area contributed by atoms with Gasteiger partial charge >= 0.3 is 18.3 Å². The quantitative estimate of drug-likeness (QED) is 0.561. The Kier molecular flexibility index (Phi) is 6.48. The van der Waals surface area contributed by atoms with Crippen molar-refractivity contribution in [2.24, 2.45) is 0 Å². The molecule has 0 aliphatic carbocycles. The van der Waals surface area contributed by atoms with Gasteiger partial charge in [-0.2, -0.15) is 18.4 Å². The summed E-state index contributed by atoms with van der Waals surface area (Å²) in [5.74, 6) is -0.787. The number of halogens is 4. The Hall–Kier alpha value is -3.78. The first-order valence-electron chi connectivity index (χ1n) is 9.86. The third-order valence-corrected chi connectivity index (χ3v) is 5.41. The molecule has 4 amide bonds. The third-order valence-electron chi connectivity index (χ3n) is 5.08. The van der Waals surface area contributed by atoms with Crippen molar-refractivity contribution in [1.82, 2.24) is 0 Å². The molecule has 0 bridgehead atoms. The molecular formula is C22H18ClF3N4O4. The highest BCUT2D eigenvalue weighted by Crippen LogP contribution is 2.40. The van der Waals surface area contributed by atoms with E-state index in [4.69, 9.17) is 21.6 Å². The van der Waals surface area contributed by atoms with E-state index in [1.807, 2.05) is 0 Å². The van der Waals surface area contributed by atoms with Gasteiger partial charge in [-0.3, -0.25) is 15.0 Å². The molecule has 178 valence electrons. The summed E-state index contributed by atoms with van der Waals surface area (Å²) in [7, 11) is 0. The number of hydrogen-bond acceptors (Lipinski definition) is 5. The van der Waals surface area contributed by atoms with E-state index in [1.165, 1.54) is 38.1 Å². The van der Waals surface area contributed by atoms with E-state index in [9.17, 15) is 27.6 Å². The highest BCUT2D eigenvalue weighted by atomic mass is 35.5. The fourth-order valence-electron chi connectivity index (χ4n) is 3.48. The first kappa shape index (κ1) is 24.9. The third kappa shape index (κ3) is 4.36. The van der Waals surface area contributed by atoms with Crippen LogP contribution in [0.1, 0.15) is 31.9 Å². The van der Waals surface area contributed by atoms with E-state index in [1.54, 1.807) is 6.92 Å². The monoisotopic (exact) mass is 494 g/mol. The minimum atomic E-state index is -4.87. The highest BCUT2D eigenvalue weighted by Gasteiger charge is 2.53. The molecule has 1 aliphatic rings. The van der Waals surface area contributed by atoms with E-state index in [0.29, 0.717) is 11.0 Å². The Bertz CT molecular complexity index is 1220. The van der Waals surface area contributed by atoms with Gasteiger partial charge in [-0.15, -0.1) is 0 Å². The Morgan fingerprint density at radius 2 is 1.82 bits per heavy atom. The minimum absolute atomic E-state index is 0.102. The summed E-state index contributed by atoms with van der Waals surface area (Å²) >= 11 is 6.11. The number of imide groups is 1. The van der Waals surface area contributed by atoms with E-state index in [0.717, 1.165) is 17.0 Å². The molecule has 0 aromatic heterocycles. The van der Waals surface area contributed by atoms with Crippen LogP contribution in [0.15, 0.2) is 36.4 Å². The van der Waals surface area contributed by atoms with Crippen LogP contribution in [0.3, 0.4) is 0 Å². The average molecular weight is 495 g/mol. The molecular weight excluding hydrogens is 477 g/mol. The van der Waals surface area contributed by atoms with Gasteiger partial charge in [0.25, 0.3) is 5.91 Å². The van der Waals surface area contributed by atoms with Crippen LogP contribution in [0.25, 0.3) is 0 Å². The zero-order valence-corrected chi connectivity index (χ0v) is 18.9. The average Bonchev–Trinajstić information content (AvgIpc) is 2.93. The zero-order valence-electron chi connectivity index (χ0n) is 18.2. The number of alkyl halides is 3. The Balaban J connectivity index is 2.06. The molecule has 1 fully saturated rings. The topological polar surface area (TPSA) is 103 Å². The summed E-state index contributed by atoms with van der Waals surface area (Å²) in [5, 5.41) is 11.6. The van der Waals surface area contributed by atoms with Crippen LogP contribution in [0.2, 0.25) is 5.02 Å². The van der Waals surface area contributed by atoms with Crippen molar-refractivity contribution >= 4 is 46.7 Å². The molecule has 1 heterocycles. The van der Waals surface area contributed by atoms with Crippen LogP contribution in [-0.2, 0) is 15.7 Å². The lowest BCUT2D eigenvalue weighted by Gasteiger charge is -2.28. The Morgan fingerprint density at radius 3 is 2.41 bits per heavy atom. The molecule has 2 aromatic rings. The number of ether oxygens (including phenoxy) is 1. The molecule has 0 saturated carbocycles. The van der Waals surface area contributed by atoms with Gasteiger partial charge in [0.15, 0.2) is 0 Å². The normalized spacial score (nSPS) is 15.4. The van der Waals surface area contributed by atoms with Gasteiger partial charge in [-0.1, -0.05) is 11.6 Å². The molecule has 1 N–H and O–H groups in total. The van der Waals surface area contributed by atoms with Crippen molar-refractivity contribution in [2.75, 3.05) is 21.7 Å². The van der Waals surface area contributed by atoms with Crippen LogP contribution in [-0.4, -0.2) is 30.2 Å². The number of carbonyl (C=O) groups is 3. The van der Waals surface area contributed by atoms with Crippen molar-refractivity contribution in [1.29, 1.82) is 5.26 Å². The van der Waals surface area contributed by atoms with Crippen LogP contribution in [0.5, 0.6) is 0 Å². The molecule has 0 radical (unpaired) electrons. The fraction of sp³-hybridized carbons (Fsp3) is 0.273. The van der Waals surface area contributed by atoms with Crippen molar-refractivity contribution in [3.8, 4) is 6.07 Å². The Morgan fingerprint density at radius 1 is 1.18 bits per heavy atom. The first-order valence-corrected chi connectivity index (χ1v) is 10.2. The smallest absolute Gasteiger partial charge is 0.417 e. The zero-order chi connectivity index (χ0) is 25.4. The Labute approximate surface area is 197 Å². The number of urea groups is 1. The second kappa shape index (κ2) is 8.87. The number of nitrogens with zero attached hydrogens (tertiary/aromatic N) is 3. The standard InChI is InChI=1S/C22H18ClF3N4O4/c1-4-34-19(32)28-17-10-14(7-8-16(17)23)30-20(33)29(18(31)21(30,2)3)13-6-5-12(11-27)15(9-13)22(24,25)26/h5-10H,4H2,1-3H3,(H,28,32). The lowest BCUT2D eigenvalue weighted by atomic mass is 10.0. The number of hydrogen-bond donors (Lipinski definition) is 1. The summed E-state index contributed by atoms with van der Waals surface area (Å²) in [6.07, 6.45) is -5.66. The van der Waals surface area contributed by atoms with Gasteiger partial charge in [-0.05, 0) is 57.2 Å². The predicted molar refractivity (Wildman–Crippen MR) is 118 cm³/mol. The summed E-state index contributed by atoms with van der Waals surface area (Å²) in [4.78, 5) is 39.9. The molecule has 0 atom stereocenters. The predicted octanol–water partition coefficient (Wildman–Crippen LogP) is 5.55. The van der Waals surface area contributed by atoms with Gasteiger partial charge < -0.3 is 4.74 Å². The number of carbonyl (C=O) groups excluding carboxylic acids is 3. The number of nitrogens with one attached hydrogen (secondary N) is 1. The number of rotatable bonds is 4. The molecule has 34 heavy (non-hydrogen) atoms. The van der Waals surface area contributed by atoms with Gasteiger partial charge in [0.1, 0.15) is 5.54 Å². The van der Waals surface area contributed by atoms with Crippen molar-refractivity contribution in [2.45, 2.75) is 32.5 Å². The molecule has 3 rings (SSSR count). The maximum atomic E-state index is 13.4. The number of amides is 4. The SMILES string of the molecule is CCOC(=O)Nc1cc(N2C(=O)N(c3ccc(C#N)c(C(F)(F)F)c3)C(=O)C2(C)C)ccc1Cl. The van der Waals surface area contributed by atoms with E-state index >= 15 is 0 Å². The first-order chi connectivity index (χ1) is 15.8. The summed E-state index contributed by atoms with van der Waals surface area (Å²) in [6.45, 7) is 4.56. The van der Waals surface area contributed by atoms with Crippen molar-refractivity contribution in [3.63, 3.8) is 0 Å². The van der Waals surface area contributed by atoms with Crippen molar-refractivity contribution < 1.29 is 32.3 Å². The maximum absolute atomic E-state index is 13.4. The van der Waals surface area contributed by atoms with E-state index in [2.05, 4.69) is 5.32 Å². The van der Waals surface area contributed by atoms with Crippen molar-refractivity contribution in [3.05, 3.63) is 52.5 Å². The molecule has 1 saturated heterocycles.